The predicted molar refractivity (Wildman–Crippen MR) is 105 cm³/mol. The molecule has 0 unspecified atom stereocenters. The van der Waals surface area contributed by atoms with Gasteiger partial charge in [0.2, 0.25) is 0 Å². The molecule has 0 aromatic heterocycles. The van der Waals surface area contributed by atoms with Gasteiger partial charge in [-0.2, -0.15) is 0 Å². The van der Waals surface area contributed by atoms with E-state index in [9.17, 15) is 9.59 Å². The fourth-order valence-corrected chi connectivity index (χ4v) is 3.02. The van der Waals surface area contributed by atoms with Crippen LogP contribution in [0.15, 0.2) is 54.6 Å². The quantitative estimate of drug-likeness (QED) is 0.877. The molecule has 1 heterocycles. The molecule has 0 radical (unpaired) electrons. The number of hydrogen-bond acceptors (Lipinski definition) is 4. The summed E-state index contributed by atoms with van der Waals surface area (Å²) in [4.78, 5) is 31.1. The van der Waals surface area contributed by atoms with Crippen LogP contribution in [-0.4, -0.2) is 28.7 Å². The fraction of sp³-hybridized carbons (Fsp3) is 0.364. The van der Waals surface area contributed by atoms with Crippen molar-refractivity contribution in [3.05, 3.63) is 71.3 Å². The molecule has 0 bridgehead atoms. The Morgan fingerprint density at radius 2 is 1.71 bits per heavy atom. The predicted octanol–water partition coefficient (Wildman–Crippen LogP) is 3.60. The van der Waals surface area contributed by atoms with Crippen LogP contribution in [0.4, 0.5) is 4.79 Å². The highest BCUT2D eigenvalue weighted by atomic mass is 16.7. The summed E-state index contributed by atoms with van der Waals surface area (Å²) in [5.41, 5.74) is 2.39. The van der Waals surface area contributed by atoms with Crippen LogP contribution in [0.2, 0.25) is 0 Å². The third kappa shape index (κ3) is 5.33. The number of benzene rings is 2. The van der Waals surface area contributed by atoms with Gasteiger partial charge >= 0.3 is 6.09 Å². The van der Waals surface area contributed by atoms with E-state index in [0.717, 1.165) is 16.7 Å². The summed E-state index contributed by atoms with van der Waals surface area (Å²) in [6, 6.07) is 16.6. The van der Waals surface area contributed by atoms with Crippen LogP contribution in [0.3, 0.4) is 0 Å². The lowest BCUT2D eigenvalue weighted by Crippen LogP contribution is -2.51. The van der Waals surface area contributed by atoms with Crippen molar-refractivity contribution in [3.8, 4) is 0 Å². The van der Waals surface area contributed by atoms with E-state index >= 15 is 0 Å². The Morgan fingerprint density at radius 1 is 1.07 bits per heavy atom. The van der Waals surface area contributed by atoms with Gasteiger partial charge < -0.3 is 10.1 Å². The standard InChI is InChI=1S/C22H26N2O4/c1-22(2,3)28-21(26)23-19(13-16-9-5-4-6-10-16)20(25)24-14-17-11-7-8-12-18(17)15-27-24/h4-12,19H,13-15H2,1-3H3,(H,23,26)/t19-/m0/s1. The second kappa shape index (κ2) is 8.44. The SMILES string of the molecule is CC(C)(C)OC(=O)N[C@@H](Cc1ccccc1)C(=O)N1Cc2ccccc2CO1. The average molecular weight is 382 g/mol. The minimum Gasteiger partial charge on any atom is -0.444 e. The van der Waals surface area contributed by atoms with Gasteiger partial charge in [0.15, 0.2) is 0 Å². The number of nitrogens with one attached hydrogen (secondary N) is 1. The maximum Gasteiger partial charge on any atom is 0.408 e. The molecule has 148 valence electrons. The van der Waals surface area contributed by atoms with Gasteiger partial charge in [-0.15, -0.1) is 0 Å². The van der Waals surface area contributed by atoms with Crippen LogP contribution in [-0.2, 0) is 33.9 Å². The van der Waals surface area contributed by atoms with Gasteiger partial charge in [-0.1, -0.05) is 54.6 Å². The number of amides is 2. The molecule has 1 aliphatic heterocycles. The Balaban J connectivity index is 1.75. The first-order chi connectivity index (χ1) is 13.3. The van der Waals surface area contributed by atoms with Crippen LogP contribution in [0.25, 0.3) is 0 Å². The largest absolute Gasteiger partial charge is 0.444 e. The van der Waals surface area contributed by atoms with Crippen molar-refractivity contribution in [2.45, 2.75) is 52.0 Å². The summed E-state index contributed by atoms with van der Waals surface area (Å²) in [6.07, 6.45) is -0.278. The van der Waals surface area contributed by atoms with Crippen LogP contribution in [0.1, 0.15) is 37.5 Å². The molecule has 6 nitrogen and oxygen atoms in total. The molecule has 0 spiro atoms. The number of ether oxygens (including phenoxy) is 1. The molecule has 1 aliphatic rings. The van der Waals surface area contributed by atoms with Crippen molar-refractivity contribution in [1.29, 1.82) is 0 Å². The van der Waals surface area contributed by atoms with Crippen LogP contribution in [0.5, 0.6) is 0 Å². The molecule has 0 saturated carbocycles. The molecule has 28 heavy (non-hydrogen) atoms. The number of hydroxylamine groups is 2. The molecular weight excluding hydrogens is 356 g/mol. The summed E-state index contributed by atoms with van der Waals surface area (Å²) in [5, 5.41) is 4.04. The number of carbonyl (C=O) groups is 2. The number of fused-ring (bicyclic) bond motifs is 1. The minimum absolute atomic E-state index is 0.302. The molecular formula is C22H26N2O4. The molecule has 2 amide bonds. The topological polar surface area (TPSA) is 67.9 Å². The van der Waals surface area contributed by atoms with Gasteiger partial charge in [0.05, 0.1) is 6.54 Å². The van der Waals surface area contributed by atoms with Crippen molar-refractivity contribution >= 4 is 12.0 Å². The van der Waals surface area contributed by atoms with Crippen molar-refractivity contribution in [1.82, 2.24) is 10.4 Å². The van der Waals surface area contributed by atoms with Gasteiger partial charge in [0.1, 0.15) is 18.2 Å². The van der Waals surface area contributed by atoms with E-state index in [1.165, 1.54) is 5.06 Å². The van der Waals surface area contributed by atoms with E-state index in [2.05, 4.69) is 5.32 Å². The highest BCUT2D eigenvalue weighted by Gasteiger charge is 2.31. The van der Waals surface area contributed by atoms with Crippen molar-refractivity contribution < 1.29 is 19.2 Å². The second-order valence-electron chi connectivity index (χ2n) is 7.81. The molecule has 0 saturated heterocycles. The molecule has 3 rings (SSSR count). The second-order valence-corrected chi connectivity index (χ2v) is 7.81. The summed E-state index contributed by atoms with van der Waals surface area (Å²) >= 11 is 0. The van der Waals surface area contributed by atoms with E-state index in [-0.39, 0.29) is 5.91 Å². The lowest BCUT2D eigenvalue weighted by Gasteiger charge is -2.31. The Kier molecular flexibility index (Phi) is 5.99. The number of rotatable bonds is 4. The van der Waals surface area contributed by atoms with E-state index in [1.54, 1.807) is 20.8 Å². The van der Waals surface area contributed by atoms with Crippen LogP contribution < -0.4 is 5.32 Å². The maximum absolute atomic E-state index is 13.1. The van der Waals surface area contributed by atoms with Gasteiger partial charge in [0, 0.05) is 6.42 Å². The molecule has 2 aromatic carbocycles. The summed E-state index contributed by atoms with van der Waals surface area (Å²) in [7, 11) is 0. The summed E-state index contributed by atoms with van der Waals surface area (Å²) in [6.45, 7) is 6.02. The summed E-state index contributed by atoms with van der Waals surface area (Å²) < 4.78 is 5.34. The zero-order valence-electron chi connectivity index (χ0n) is 16.5. The highest BCUT2D eigenvalue weighted by molar-refractivity contribution is 5.85. The maximum atomic E-state index is 13.1. The lowest BCUT2D eigenvalue weighted by molar-refractivity contribution is -0.202. The number of hydrogen-bond donors (Lipinski definition) is 1. The third-order valence-corrected chi connectivity index (χ3v) is 4.33. The number of carbonyl (C=O) groups excluding carboxylic acids is 2. The number of alkyl carbamates (subject to hydrolysis) is 1. The zero-order valence-corrected chi connectivity index (χ0v) is 16.5. The van der Waals surface area contributed by atoms with Crippen LogP contribution >= 0.6 is 0 Å². The van der Waals surface area contributed by atoms with Crippen LogP contribution in [0, 0.1) is 0 Å². The Bertz CT molecular complexity index is 830. The van der Waals surface area contributed by atoms with E-state index in [4.69, 9.17) is 9.57 Å². The Labute approximate surface area is 165 Å². The first-order valence-corrected chi connectivity index (χ1v) is 9.36. The van der Waals surface area contributed by atoms with Crippen molar-refractivity contribution in [2.24, 2.45) is 0 Å². The highest BCUT2D eigenvalue weighted by Crippen LogP contribution is 2.21. The molecule has 0 fully saturated rings. The normalized spacial score (nSPS) is 14.8. The van der Waals surface area contributed by atoms with Gasteiger partial charge in [-0.3, -0.25) is 9.63 Å². The first-order valence-electron chi connectivity index (χ1n) is 9.36. The van der Waals surface area contributed by atoms with E-state index in [1.807, 2.05) is 54.6 Å². The molecule has 2 aromatic rings. The fourth-order valence-electron chi connectivity index (χ4n) is 3.02. The average Bonchev–Trinajstić information content (AvgIpc) is 2.66. The minimum atomic E-state index is -0.789. The first kappa shape index (κ1) is 19.9. The molecule has 6 heteroatoms. The Morgan fingerprint density at radius 3 is 2.39 bits per heavy atom. The van der Waals surface area contributed by atoms with Gasteiger partial charge in [-0.05, 0) is 37.5 Å². The molecule has 1 N–H and O–H groups in total. The monoisotopic (exact) mass is 382 g/mol. The van der Waals surface area contributed by atoms with Gasteiger partial charge in [-0.25, -0.2) is 9.86 Å². The molecule has 1 atom stereocenters. The summed E-state index contributed by atoms with van der Waals surface area (Å²) in [5.74, 6) is -0.302. The van der Waals surface area contributed by atoms with Gasteiger partial charge in [0.25, 0.3) is 5.91 Å². The Hall–Kier alpha value is -2.86. The third-order valence-electron chi connectivity index (χ3n) is 4.33. The van der Waals surface area contributed by atoms with E-state index in [0.29, 0.717) is 19.6 Å². The van der Waals surface area contributed by atoms with Crippen molar-refractivity contribution in [3.63, 3.8) is 0 Å². The van der Waals surface area contributed by atoms with Crippen molar-refractivity contribution in [2.75, 3.05) is 0 Å². The lowest BCUT2D eigenvalue weighted by atomic mass is 10.0. The zero-order chi connectivity index (χ0) is 20.1. The molecule has 0 aliphatic carbocycles. The number of nitrogens with zero attached hydrogens (tertiary/aromatic N) is 1. The smallest absolute Gasteiger partial charge is 0.408 e. The van der Waals surface area contributed by atoms with E-state index < -0.39 is 17.7 Å².